The number of hydrogen-bond donors (Lipinski definition) is 0. The van der Waals surface area contributed by atoms with Crippen LogP contribution in [0.2, 0.25) is 0 Å². The molecule has 0 fully saturated rings. The van der Waals surface area contributed by atoms with Crippen molar-refractivity contribution in [1.82, 2.24) is 0 Å². The van der Waals surface area contributed by atoms with E-state index in [1.54, 1.807) is 0 Å². The van der Waals surface area contributed by atoms with Crippen molar-refractivity contribution < 1.29 is 62.2 Å². The molecule has 0 heterocycles. The Bertz CT molecular complexity index is 1410. The summed E-state index contributed by atoms with van der Waals surface area (Å²) in [6.07, 6.45) is -18.6. The molecule has 0 radical (unpaired) electrons. The van der Waals surface area contributed by atoms with Gasteiger partial charge >= 0.3 is 24.7 Å². The van der Waals surface area contributed by atoms with Gasteiger partial charge in [0.2, 0.25) is 6.19 Å². The number of halogens is 12. The molecule has 0 aliphatic heterocycles. The summed E-state index contributed by atoms with van der Waals surface area (Å²) in [5, 5.41) is 12.2. The number of nitriles is 1. The molecule has 2 aromatic carbocycles. The van der Waals surface area contributed by atoms with E-state index >= 15 is 0 Å². The lowest BCUT2D eigenvalue weighted by molar-refractivity contribution is -0.144. The van der Waals surface area contributed by atoms with Crippen molar-refractivity contribution in [2.75, 3.05) is 0 Å². The molecule has 2 aromatic rings. The number of allylic oxidation sites excluding steroid dienone is 2. The number of rotatable bonds is 4. The lowest BCUT2D eigenvalue weighted by Crippen LogP contribution is -2.21. The summed E-state index contributed by atoms with van der Waals surface area (Å²) < 4.78 is 169. The van der Waals surface area contributed by atoms with Crippen LogP contribution in [0.4, 0.5) is 52.7 Å². The van der Waals surface area contributed by atoms with Crippen molar-refractivity contribution in [2.24, 2.45) is 10.1 Å². The summed E-state index contributed by atoms with van der Waals surface area (Å²) in [5.74, 6) is -3.69. The van der Waals surface area contributed by atoms with E-state index < -0.39 is 81.4 Å². The van der Waals surface area contributed by atoms with Crippen LogP contribution in [-0.2, 0) is 24.7 Å². The summed E-state index contributed by atoms with van der Waals surface area (Å²) in [4.78, 5) is 5.86. The van der Waals surface area contributed by atoms with Gasteiger partial charge in [-0.1, -0.05) is 0 Å². The molecule has 220 valence electrons. The van der Waals surface area contributed by atoms with Gasteiger partial charge in [-0.15, -0.1) is 4.95 Å². The molecule has 0 unspecified atom stereocenters. The highest BCUT2D eigenvalue weighted by Crippen LogP contribution is 2.40. The molecule has 0 spiro atoms. The third-order valence-corrected chi connectivity index (χ3v) is 4.95. The maximum Gasteiger partial charge on any atom is 0.416 e. The predicted molar refractivity (Wildman–Crippen MR) is 117 cm³/mol. The number of hydrogen-bond acceptors (Lipinski definition) is 5. The quantitative estimate of drug-likeness (QED) is 0.115. The van der Waals surface area contributed by atoms with Crippen LogP contribution in [0.1, 0.15) is 22.3 Å². The van der Waals surface area contributed by atoms with E-state index in [0.29, 0.717) is 12.2 Å². The van der Waals surface area contributed by atoms with Crippen molar-refractivity contribution in [3.8, 4) is 17.7 Å². The van der Waals surface area contributed by atoms with Crippen molar-refractivity contribution >= 4 is 11.4 Å². The van der Waals surface area contributed by atoms with Gasteiger partial charge in [0.15, 0.2) is 17.2 Å². The Kier molecular flexibility index (Phi) is 8.34. The molecule has 42 heavy (non-hydrogen) atoms. The molecule has 1 aliphatic carbocycles. The Morgan fingerprint density at radius 1 is 0.595 bits per heavy atom. The normalized spacial score (nSPS) is 16.4. The standard InChI is InChI=1S/C24H8F12N4O2/c1-38-40-18-9-19(41-15-4-11(21(25,26)27)2-12(5-15)22(28,29)30)17(39-10-37)8-20(18)42-16-6-13(23(31,32)33)3-14(7-16)24(34,35)36/h2-9H/b39-17?,40-18+. The van der Waals surface area contributed by atoms with Crippen molar-refractivity contribution in [2.45, 2.75) is 24.7 Å². The zero-order chi connectivity index (χ0) is 31.7. The summed E-state index contributed by atoms with van der Waals surface area (Å²) >= 11 is 0. The van der Waals surface area contributed by atoms with Crippen molar-refractivity contribution in [1.29, 1.82) is 5.26 Å². The molecule has 0 saturated carbocycles. The topological polar surface area (TPSA) is 71.3 Å². The van der Waals surface area contributed by atoms with Gasteiger partial charge in [0.25, 0.3) is 0 Å². The van der Waals surface area contributed by atoms with E-state index in [1.165, 1.54) is 6.19 Å². The van der Waals surface area contributed by atoms with E-state index in [9.17, 15) is 52.7 Å². The Morgan fingerprint density at radius 3 is 1.24 bits per heavy atom. The molecule has 0 amide bonds. The minimum absolute atomic E-state index is 0.169. The summed E-state index contributed by atoms with van der Waals surface area (Å²) in [5.41, 5.74) is -8.54. The zero-order valence-electron chi connectivity index (χ0n) is 19.8. The van der Waals surface area contributed by atoms with Crippen LogP contribution >= 0.6 is 0 Å². The fourth-order valence-electron chi connectivity index (χ4n) is 3.20. The molecule has 0 bridgehead atoms. The Morgan fingerprint density at radius 2 is 0.929 bits per heavy atom. The third-order valence-electron chi connectivity index (χ3n) is 4.95. The average molecular weight is 612 g/mol. The Labute approximate surface area is 225 Å². The molecule has 0 atom stereocenters. The maximum absolute atomic E-state index is 13.2. The molecule has 3 rings (SSSR count). The van der Waals surface area contributed by atoms with E-state index in [0.717, 1.165) is 0 Å². The molecule has 6 nitrogen and oxygen atoms in total. The lowest BCUT2D eigenvalue weighted by Gasteiger charge is -2.19. The van der Waals surface area contributed by atoms with Crippen molar-refractivity contribution in [3.05, 3.63) is 93.8 Å². The van der Waals surface area contributed by atoms with Crippen LogP contribution in [0.25, 0.3) is 4.95 Å². The van der Waals surface area contributed by atoms with Gasteiger partial charge in [-0.05, 0) is 36.4 Å². The Balaban J connectivity index is 2.11. The second kappa shape index (κ2) is 11.1. The fraction of sp³-hybridized carbons (Fsp3) is 0.167. The molecule has 0 N–H and O–H groups in total. The smallest absolute Gasteiger partial charge is 0.416 e. The molecule has 0 aromatic heterocycles. The summed E-state index contributed by atoms with van der Waals surface area (Å²) in [7, 11) is 0. The summed E-state index contributed by atoms with van der Waals surface area (Å²) in [6, 6.07) is 0.280. The van der Waals surface area contributed by atoms with Crippen LogP contribution in [0, 0.1) is 18.0 Å². The largest absolute Gasteiger partial charge is 0.455 e. The fourth-order valence-corrected chi connectivity index (χ4v) is 3.20. The third kappa shape index (κ3) is 7.59. The minimum Gasteiger partial charge on any atom is -0.455 e. The molecule has 18 heteroatoms. The molecule has 1 aliphatic rings. The van der Waals surface area contributed by atoms with Gasteiger partial charge in [0.05, 0.1) is 27.4 Å². The van der Waals surface area contributed by atoms with Crippen LogP contribution in [0.15, 0.2) is 70.2 Å². The van der Waals surface area contributed by atoms with Crippen LogP contribution in [0.3, 0.4) is 0 Å². The highest BCUT2D eigenvalue weighted by atomic mass is 19.4. The molecular formula is C24H8F12N4O2. The first-order chi connectivity index (χ1) is 19.2. The van der Waals surface area contributed by atoms with Crippen LogP contribution in [-0.4, -0.2) is 11.4 Å². The van der Waals surface area contributed by atoms with E-state index in [4.69, 9.17) is 21.3 Å². The lowest BCUT2D eigenvalue weighted by atomic mass is 10.1. The van der Waals surface area contributed by atoms with Gasteiger partial charge in [-0.2, -0.15) is 69.5 Å². The Hall–Kier alpha value is -5.00. The number of alkyl halides is 12. The SMILES string of the molecule is [C-]#[N+]/N=C1\C=C(Oc2cc(C(F)(F)F)cc(C(F)(F)F)c2)C(=NC#N)C=C1Oc1cc(C(F)(F)F)cc(C(F)(F)F)c1. The van der Waals surface area contributed by atoms with Gasteiger partial charge in [0.1, 0.15) is 17.2 Å². The minimum atomic E-state index is -5.26. The molecular weight excluding hydrogens is 604 g/mol. The number of aliphatic imine (C=N–C) groups is 1. The second-order valence-electron chi connectivity index (χ2n) is 7.89. The monoisotopic (exact) mass is 612 g/mol. The second-order valence-corrected chi connectivity index (χ2v) is 7.89. The van der Waals surface area contributed by atoms with Gasteiger partial charge < -0.3 is 9.47 Å². The maximum atomic E-state index is 13.2. The summed E-state index contributed by atoms with van der Waals surface area (Å²) in [6.45, 7) is 6.91. The van der Waals surface area contributed by atoms with Crippen LogP contribution < -0.4 is 9.47 Å². The predicted octanol–water partition coefficient (Wildman–Crippen LogP) is 8.20. The van der Waals surface area contributed by atoms with Crippen LogP contribution in [0.5, 0.6) is 11.5 Å². The van der Waals surface area contributed by atoms with Gasteiger partial charge in [0, 0.05) is 12.2 Å². The van der Waals surface area contributed by atoms with E-state index in [1.807, 2.05) is 0 Å². The van der Waals surface area contributed by atoms with E-state index in [-0.39, 0.29) is 36.4 Å². The first kappa shape index (κ1) is 31.5. The van der Waals surface area contributed by atoms with Crippen molar-refractivity contribution in [3.63, 3.8) is 0 Å². The van der Waals surface area contributed by atoms with E-state index in [2.05, 4.69) is 15.0 Å². The highest BCUT2D eigenvalue weighted by Gasteiger charge is 2.39. The first-order valence-corrected chi connectivity index (χ1v) is 10.5. The zero-order valence-corrected chi connectivity index (χ0v) is 19.8. The van der Waals surface area contributed by atoms with Gasteiger partial charge in [-0.25, -0.2) is 0 Å². The molecule has 0 saturated heterocycles. The number of ether oxygens (including phenoxy) is 2. The van der Waals surface area contributed by atoms with Gasteiger partial charge in [-0.3, -0.25) is 0 Å². The number of nitrogens with zero attached hydrogens (tertiary/aromatic N) is 4. The average Bonchev–Trinajstić information content (AvgIpc) is 2.84. The number of benzene rings is 2. The highest BCUT2D eigenvalue weighted by molar-refractivity contribution is 6.22. The first-order valence-electron chi connectivity index (χ1n) is 10.5.